The van der Waals surface area contributed by atoms with Crippen molar-refractivity contribution in [2.45, 2.75) is 45.6 Å². The van der Waals surface area contributed by atoms with Gasteiger partial charge in [-0.05, 0) is 25.9 Å². The second kappa shape index (κ2) is 8.24. The lowest BCUT2D eigenvalue weighted by atomic mass is 10.3. The molecule has 0 amide bonds. The predicted octanol–water partition coefficient (Wildman–Crippen LogP) is 0.429. The summed E-state index contributed by atoms with van der Waals surface area (Å²) in [7, 11) is -1.36. The first-order valence-corrected chi connectivity index (χ1v) is 7.81. The summed E-state index contributed by atoms with van der Waals surface area (Å²) in [4.78, 5) is 6.75. The van der Waals surface area contributed by atoms with Crippen LogP contribution in [0.4, 0.5) is 0 Å². The first-order chi connectivity index (χ1) is 7.36. The molecule has 0 aliphatic heterocycles. The van der Waals surface area contributed by atoms with Gasteiger partial charge in [0.25, 0.3) is 0 Å². The SMILES string of the molecule is CCN[SiH](NCC)OCNC1CCCC1. The van der Waals surface area contributed by atoms with Crippen molar-refractivity contribution in [3.8, 4) is 0 Å². The molecule has 1 aliphatic rings. The average Bonchev–Trinajstić information content (AvgIpc) is 2.71. The van der Waals surface area contributed by atoms with Crippen molar-refractivity contribution >= 4 is 9.36 Å². The maximum Gasteiger partial charge on any atom is 0.336 e. The van der Waals surface area contributed by atoms with Crippen molar-refractivity contribution in [1.82, 2.24) is 15.3 Å². The second-order valence-electron chi connectivity index (χ2n) is 3.99. The summed E-state index contributed by atoms with van der Waals surface area (Å²) in [6, 6.07) is 0.697. The maximum absolute atomic E-state index is 5.79. The molecule has 0 spiro atoms. The Morgan fingerprint density at radius 1 is 1.13 bits per heavy atom. The molecule has 0 saturated heterocycles. The minimum absolute atomic E-state index is 0.696. The lowest BCUT2D eigenvalue weighted by molar-refractivity contribution is 0.252. The van der Waals surface area contributed by atoms with E-state index in [0.29, 0.717) is 12.8 Å². The van der Waals surface area contributed by atoms with Crippen molar-refractivity contribution in [1.29, 1.82) is 0 Å². The van der Waals surface area contributed by atoms with E-state index in [1.165, 1.54) is 25.7 Å². The van der Waals surface area contributed by atoms with Gasteiger partial charge in [-0.15, -0.1) is 0 Å². The van der Waals surface area contributed by atoms with Crippen LogP contribution in [-0.4, -0.2) is 35.2 Å². The number of hydrogen-bond acceptors (Lipinski definition) is 4. The Morgan fingerprint density at radius 3 is 2.27 bits per heavy atom. The zero-order valence-electron chi connectivity index (χ0n) is 10.0. The average molecular weight is 231 g/mol. The topological polar surface area (TPSA) is 45.3 Å². The highest BCUT2D eigenvalue weighted by molar-refractivity contribution is 6.45. The molecule has 0 bridgehead atoms. The summed E-state index contributed by atoms with van der Waals surface area (Å²) in [5, 5.41) is 3.46. The molecule has 0 aromatic heterocycles. The summed E-state index contributed by atoms with van der Waals surface area (Å²) in [6.07, 6.45) is 5.38. The van der Waals surface area contributed by atoms with Crippen molar-refractivity contribution < 1.29 is 4.43 Å². The molecule has 1 saturated carbocycles. The smallest absolute Gasteiger partial charge is 0.336 e. The highest BCUT2D eigenvalue weighted by Crippen LogP contribution is 2.17. The fraction of sp³-hybridized carbons (Fsp3) is 1.00. The summed E-state index contributed by atoms with van der Waals surface area (Å²) in [6.45, 7) is 6.89. The largest absolute Gasteiger partial charge is 0.381 e. The lowest BCUT2D eigenvalue weighted by Gasteiger charge is -2.19. The van der Waals surface area contributed by atoms with E-state index in [1.54, 1.807) is 0 Å². The highest BCUT2D eigenvalue weighted by atomic mass is 28.3. The van der Waals surface area contributed by atoms with E-state index in [-0.39, 0.29) is 0 Å². The number of rotatable bonds is 8. The first kappa shape index (κ1) is 13.1. The molecule has 1 rings (SSSR count). The number of nitrogens with one attached hydrogen (secondary N) is 3. The van der Waals surface area contributed by atoms with Crippen molar-refractivity contribution in [2.75, 3.05) is 19.8 Å². The quantitative estimate of drug-likeness (QED) is 0.419. The molecule has 3 N–H and O–H groups in total. The van der Waals surface area contributed by atoms with Gasteiger partial charge in [0.05, 0.1) is 6.73 Å². The standard InChI is InChI=1S/C10H25N3OSi/c1-3-12-15(13-4-2)14-9-11-10-7-5-6-8-10/h10-13,15H,3-9H2,1-2H3. The van der Waals surface area contributed by atoms with Crippen LogP contribution in [-0.2, 0) is 4.43 Å². The molecular weight excluding hydrogens is 206 g/mol. The van der Waals surface area contributed by atoms with Gasteiger partial charge in [-0.25, -0.2) is 0 Å². The van der Waals surface area contributed by atoms with Crippen LogP contribution in [0, 0.1) is 0 Å². The molecule has 4 nitrogen and oxygen atoms in total. The molecule has 1 aliphatic carbocycles. The monoisotopic (exact) mass is 231 g/mol. The van der Waals surface area contributed by atoms with Crippen LogP contribution in [0.1, 0.15) is 39.5 Å². The van der Waals surface area contributed by atoms with E-state index in [2.05, 4.69) is 29.1 Å². The Labute approximate surface area is 95.0 Å². The van der Waals surface area contributed by atoms with Crippen molar-refractivity contribution in [2.24, 2.45) is 0 Å². The van der Waals surface area contributed by atoms with Gasteiger partial charge in [-0.3, -0.25) is 5.32 Å². The molecule has 90 valence electrons. The fourth-order valence-corrected chi connectivity index (χ4v) is 3.32. The van der Waals surface area contributed by atoms with E-state index in [9.17, 15) is 0 Å². The van der Waals surface area contributed by atoms with E-state index in [4.69, 9.17) is 4.43 Å². The molecule has 5 heteroatoms. The normalized spacial score (nSPS) is 17.8. The zero-order chi connectivity index (χ0) is 10.9. The highest BCUT2D eigenvalue weighted by Gasteiger charge is 2.15. The molecule has 0 heterocycles. The third-order valence-corrected chi connectivity index (χ3v) is 4.81. The molecule has 0 atom stereocenters. The van der Waals surface area contributed by atoms with Crippen LogP contribution in [0.15, 0.2) is 0 Å². The van der Waals surface area contributed by atoms with Gasteiger partial charge in [-0.2, -0.15) is 0 Å². The molecule has 0 aromatic rings. The van der Waals surface area contributed by atoms with Crippen LogP contribution in [0.3, 0.4) is 0 Å². The zero-order valence-corrected chi connectivity index (χ0v) is 11.2. The van der Waals surface area contributed by atoms with Crippen LogP contribution in [0.5, 0.6) is 0 Å². The molecule has 15 heavy (non-hydrogen) atoms. The lowest BCUT2D eigenvalue weighted by Crippen LogP contribution is -2.51. The van der Waals surface area contributed by atoms with Gasteiger partial charge < -0.3 is 14.4 Å². The Bertz CT molecular complexity index is 148. The molecular formula is C10H25N3OSi. The van der Waals surface area contributed by atoms with Gasteiger partial charge in [0.15, 0.2) is 0 Å². The first-order valence-electron chi connectivity index (χ1n) is 6.18. The van der Waals surface area contributed by atoms with Crippen molar-refractivity contribution in [3.63, 3.8) is 0 Å². The second-order valence-corrected chi connectivity index (χ2v) is 5.90. The fourth-order valence-electron chi connectivity index (χ4n) is 1.94. The number of hydrogen-bond donors (Lipinski definition) is 3. The molecule has 0 radical (unpaired) electrons. The van der Waals surface area contributed by atoms with E-state index in [1.807, 2.05) is 0 Å². The van der Waals surface area contributed by atoms with Crippen molar-refractivity contribution in [3.05, 3.63) is 0 Å². The molecule has 0 aromatic carbocycles. The maximum atomic E-state index is 5.79. The Morgan fingerprint density at radius 2 is 1.73 bits per heavy atom. The third-order valence-electron chi connectivity index (χ3n) is 2.76. The summed E-state index contributed by atoms with van der Waals surface area (Å²) >= 11 is 0. The predicted molar refractivity (Wildman–Crippen MR) is 65.8 cm³/mol. The Kier molecular flexibility index (Phi) is 7.21. The minimum Gasteiger partial charge on any atom is -0.381 e. The van der Waals surface area contributed by atoms with Gasteiger partial charge >= 0.3 is 9.36 Å². The minimum atomic E-state index is -1.36. The van der Waals surface area contributed by atoms with Crippen LogP contribution >= 0.6 is 0 Å². The van der Waals surface area contributed by atoms with Crippen LogP contribution in [0.2, 0.25) is 0 Å². The molecule has 0 unspecified atom stereocenters. The Hall–Kier alpha value is 0.0569. The van der Waals surface area contributed by atoms with Gasteiger partial charge in [0.2, 0.25) is 0 Å². The van der Waals surface area contributed by atoms with Crippen LogP contribution in [0.25, 0.3) is 0 Å². The van der Waals surface area contributed by atoms with E-state index in [0.717, 1.165) is 13.1 Å². The van der Waals surface area contributed by atoms with Gasteiger partial charge in [-0.1, -0.05) is 26.7 Å². The molecule has 1 fully saturated rings. The van der Waals surface area contributed by atoms with E-state index < -0.39 is 9.36 Å². The van der Waals surface area contributed by atoms with Gasteiger partial charge in [0.1, 0.15) is 0 Å². The summed E-state index contributed by atoms with van der Waals surface area (Å²) in [5.41, 5.74) is 0. The van der Waals surface area contributed by atoms with Crippen LogP contribution < -0.4 is 15.3 Å². The van der Waals surface area contributed by atoms with E-state index >= 15 is 0 Å². The third kappa shape index (κ3) is 5.63. The van der Waals surface area contributed by atoms with Gasteiger partial charge in [0, 0.05) is 6.04 Å². The summed E-state index contributed by atoms with van der Waals surface area (Å²) in [5.74, 6) is 0. The summed E-state index contributed by atoms with van der Waals surface area (Å²) < 4.78 is 5.79. The Balaban J connectivity index is 2.04.